The van der Waals surface area contributed by atoms with Crippen LogP contribution >= 0.6 is 15.9 Å². The number of benzene rings is 1. The first-order valence-electron chi connectivity index (χ1n) is 5.27. The summed E-state index contributed by atoms with van der Waals surface area (Å²) in [6, 6.07) is 3.67. The van der Waals surface area contributed by atoms with Gasteiger partial charge in [-0.05, 0) is 18.2 Å². The minimum Gasteiger partial charge on any atom is -0.382 e. The third-order valence-corrected chi connectivity index (χ3v) is 2.59. The van der Waals surface area contributed by atoms with E-state index in [9.17, 15) is 22.0 Å². The lowest BCUT2D eigenvalue weighted by molar-refractivity contribution is -0.137. The first kappa shape index (κ1) is 16.2. The maximum atomic E-state index is 12.7. The fraction of sp³-hybridized carbons (Fsp3) is 0.455. The van der Waals surface area contributed by atoms with Crippen LogP contribution in [0.15, 0.2) is 22.7 Å². The molecule has 0 spiro atoms. The minimum atomic E-state index is -4.49. The highest BCUT2D eigenvalue weighted by molar-refractivity contribution is 9.10. The molecular formula is C11H11BrF5NO. The van der Waals surface area contributed by atoms with Gasteiger partial charge in [-0.1, -0.05) is 15.9 Å². The Morgan fingerprint density at radius 2 is 1.95 bits per heavy atom. The second kappa shape index (κ2) is 7.04. The summed E-state index contributed by atoms with van der Waals surface area (Å²) in [7, 11) is 0. The molecule has 0 saturated heterocycles. The molecule has 2 nitrogen and oxygen atoms in total. The average molecular weight is 348 g/mol. The molecule has 0 aliphatic carbocycles. The van der Waals surface area contributed by atoms with Crippen LogP contribution in [0.4, 0.5) is 27.6 Å². The van der Waals surface area contributed by atoms with Crippen molar-refractivity contribution in [3.8, 4) is 0 Å². The molecule has 0 unspecified atom stereocenters. The van der Waals surface area contributed by atoms with E-state index in [0.717, 1.165) is 6.07 Å². The molecule has 0 radical (unpaired) electrons. The molecule has 0 aliphatic heterocycles. The number of rotatable bonds is 6. The standard InChI is InChI=1S/C11H11BrF5NO/c12-7-1-2-9(8(5-7)11(15,16)17)18-3-4-19-6-10(13)14/h1-2,5,10,18H,3-4,6H2. The van der Waals surface area contributed by atoms with Gasteiger partial charge in [0.25, 0.3) is 6.43 Å². The van der Waals surface area contributed by atoms with Crippen molar-refractivity contribution in [3.05, 3.63) is 28.2 Å². The number of halogens is 6. The molecule has 1 aromatic rings. The predicted octanol–water partition coefficient (Wildman–Crippen LogP) is 4.16. The van der Waals surface area contributed by atoms with Crippen LogP contribution in [0, 0.1) is 0 Å². The molecule has 0 aromatic heterocycles. The summed E-state index contributed by atoms with van der Waals surface area (Å²) in [5.41, 5.74) is -0.938. The van der Waals surface area contributed by atoms with Gasteiger partial charge in [-0.15, -0.1) is 0 Å². The summed E-state index contributed by atoms with van der Waals surface area (Å²) < 4.78 is 66.5. The van der Waals surface area contributed by atoms with E-state index in [-0.39, 0.29) is 18.8 Å². The van der Waals surface area contributed by atoms with Crippen LogP contribution < -0.4 is 5.32 Å². The van der Waals surface area contributed by atoms with Crippen LogP contribution in [-0.4, -0.2) is 26.2 Å². The van der Waals surface area contributed by atoms with Gasteiger partial charge < -0.3 is 10.1 Å². The van der Waals surface area contributed by atoms with Gasteiger partial charge in [0.1, 0.15) is 6.61 Å². The maximum Gasteiger partial charge on any atom is 0.418 e. The number of alkyl halides is 5. The lowest BCUT2D eigenvalue weighted by Gasteiger charge is -2.15. The fourth-order valence-electron chi connectivity index (χ4n) is 1.34. The van der Waals surface area contributed by atoms with E-state index in [1.807, 2.05) is 0 Å². The Kier molecular flexibility index (Phi) is 5.99. The zero-order valence-corrected chi connectivity index (χ0v) is 11.2. The third-order valence-electron chi connectivity index (χ3n) is 2.09. The quantitative estimate of drug-likeness (QED) is 0.616. The van der Waals surface area contributed by atoms with Gasteiger partial charge in [-0.25, -0.2) is 8.78 Å². The van der Waals surface area contributed by atoms with Gasteiger partial charge >= 0.3 is 6.18 Å². The van der Waals surface area contributed by atoms with E-state index < -0.39 is 24.8 Å². The van der Waals surface area contributed by atoms with Crippen molar-refractivity contribution >= 4 is 21.6 Å². The zero-order valence-electron chi connectivity index (χ0n) is 9.61. The second-order valence-electron chi connectivity index (χ2n) is 3.58. The third kappa shape index (κ3) is 5.73. The van der Waals surface area contributed by atoms with Crippen molar-refractivity contribution in [2.45, 2.75) is 12.6 Å². The number of hydrogen-bond acceptors (Lipinski definition) is 2. The van der Waals surface area contributed by atoms with Crippen molar-refractivity contribution in [1.82, 2.24) is 0 Å². The smallest absolute Gasteiger partial charge is 0.382 e. The maximum absolute atomic E-state index is 12.7. The van der Waals surface area contributed by atoms with Crippen molar-refractivity contribution in [1.29, 1.82) is 0 Å². The Hall–Kier alpha value is -0.890. The van der Waals surface area contributed by atoms with E-state index in [4.69, 9.17) is 0 Å². The summed E-state index contributed by atoms with van der Waals surface area (Å²) in [6.07, 6.45) is -7.07. The second-order valence-corrected chi connectivity index (χ2v) is 4.50. The Morgan fingerprint density at radius 1 is 1.26 bits per heavy atom. The van der Waals surface area contributed by atoms with Crippen molar-refractivity contribution in [2.24, 2.45) is 0 Å². The topological polar surface area (TPSA) is 21.3 Å². The summed E-state index contributed by atoms with van der Waals surface area (Å²) in [6.45, 7) is -0.816. The molecular weight excluding hydrogens is 337 g/mol. The highest BCUT2D eigenvalue weighted by Gasteiger charge is 2.33. The van der Waals surface area contributed by atoms with Gasteiger partial charge in [-0.2, -0.15) is 13.2 Å². The fourth-order valence-corrected chi connectivity index (χ4v) is 1.70. The van der Waals surface area contributed by atoms with Gasteiger partial charge in [0.2, 0.25) is 0 Å². The first-order valence-corrected chi connectivity index (χ1v) is 6.06. The molecule has 19 heavy (non-hydrogen) atoms. The van der Waals surface area contributed by atoms with Crippen molar-refractivity contribution < 1.29 is 26.7 Å². The van der Waals surface area contributed by atoms with Crippen LogP contribution in [0.25, 0.3) is 0 Å². The predicted molar refractivity (Wildman–Crippen MR) is 64.5 cm³/mol. The number of ether oxygens (including phenoxy) is 1. The summed E-state index contributed by atoms with van der Waals surface area (Å²) >= 11 is 2.96. The van der Waals surface area contributed by atoms with Crippen molar-refractivity contribution in [3.63, 3.8) is 0 Å². The molecule has 0 atom stereocenters. The molecule has 0 bridgehead atoms. The molecule has 8 heteroatoms. The molecule has 108 valence electrons. The molecule has 1 rings (SSSR count). The summed E-state index contributed by atoms with van der Waals surface area (Å²) in [5, 5.41) is 2.51. The summed E-state index contributed by atoms with van der Waals surface area (Å²) in [5.74, 6) is 0. The largest absolute Gasteiger partial charge is 0.418 e. The van der Waals surface area contributed by atoms with E-state index >= 15 is 0 Å². The minimum absolute atomic E-state index is 0.0113. The molecule has 0 amide bonds. The van der Waals surface area contributed by atoms with Crippen molar-refractivity contribution in [2.75, 3.05) is 25.1 Å². The first-order chi connectivity index (χ1) is 8.80. The number of hydrogen-bond donors (Lipinski definition) is 1. The molecule has 1 aromatic carbocycles. The lowest BCUT2D eigenvalue weighted by atomic mass is 10.1. The Balaban J connectivity index is 2.58. The average Bonchev–Trinajstić information content (AvgIpc) is 2.28. The van der Waals surface area contributed by atoms with E-state index in [0.29, 0.717) is 4.47 Å². The van der Waals surface area contributed by atoms with Gasteiger partial charge in [-0.3, -0.25) is 0 Å². The molecule has 0 heterocycles. The summed E-state index contributed by atoms with van der Waals surface area (Å²) in [4.78, 5) is 0. The van der Waals surface area contributed by atoms with Crippen LogP contribution in [0.2, 0.25) is 0 Å². The monoisotopic (exact) mass is 347 g/mol. The van der Waals surface area contributed by atoms with Gasteiger partial charge in [0.05, 0.1) is 12.2 Å². The molecule has 0 saturated carbocycles. The van der Waals surface area contributed by atoms with Crippen LogP contribution in [0.5, 0.6) is 0 Å². The zero-order chi connectivity index (χ0) is 14.5. The van der Waals surface area contributed by atoms with E-state index in [1.54, 1.807) is 0 Å². The highest BCUT2D eigenvalue weighted by Crippen LogP contribution is 2.36. The van der Waals surface area contributed by atoms with Crippen LogP contribution in [0.3, 0.4) is 0 Å². The normalized spacial score (nSPS) is 11.9. The van der Waals surface area contributed by atoms with Gasteiger partial charge in [0, 0.05) is 16.7 Å². The van der Waals surface area contributed by atoms with E-state index in [1.165, 1.54) is 12.1 Å². The highest BCUT2D eigenvalue weighted by atomic mass is 79.9. The molecule has 1 N–H and O–H groups in total. The Labute approximate surface area is 115 Å². The van der Waals surface area contributed by atoms with Gasteiger partial charge in [0.15, 0.2) is 0 Å². The number of nitrogens with one attached hydrogen (secondary N) is 1. The Bertz CT molecular complexity index is 411. The SMILES string of the molecule is FC(F)COCCNc1ccc(Br)cc1C(F)(F)F. The van der Waals surface area contributed by atoms with E-state index in [2.05, 4.69) is 26.0 Å². The molecule has 0 fully saturated rings. The Morgan fingerprint density at radius 3 is 2.53 bits per heavy atom. The lowest BCUT2D eigenvalue weighted by Crippen LogP contribution is -2.16. The number of anilines is 1. The molecule has 0 aliphatic rings. The van der Waals surface area contributed by atoms with Crippen LogP contribution in [-0.2, 0) is 10.9 Å². The van der Waals surface area contributed by atoms with Crippen LogP contribution in [0.1, 0.15) is 5.56 Å².